The fourth-order valence-electron chi connectivity index (χ4n) is 3.29. The third-order valence-electron chi connectivity index (χ3n) is 3.97. The first kappa shape index (κ1) is 12.2. The largest absolute Gasteiger partial charge is 0.375 e. The smallest absolute Gasteiger partial charge is 0.0721 e. The Labute approximate surface area is 109 Å². The number of hydrogen-bond donors (Lipinski definition) is 1. The lowest BCUT2D eigenvalue weighted by atomic mass is 9.96. The Balaban J connectivity index is 1.85. The Morgan fingerprint density at radius 3 is 2.67 bits per heavy atom. The first-order valence-electron chi connectivity index (χ1n) is 6.89. The summed E-state index contributed by atoms with van der Waals surface area (Å²) in [5.74, 6) is 0. The molecule has 2 heterocycles. The van der Waals surface area contributed by atoms with Crippen molar-refractivity contribution in [2.24, 2.45) is 0 Å². The molecule has 0 saturated carbocycles. The van der Waals surface area contributed by atoms with Crippen molar-refractivity contribution >= 4 is 0 Å². The lowest BCUT2D eigenvalue weighted by molar-refractivity contribution is 0.0153. The standard InChI is InChI=1S/C15H22N2O/c1-11-7-17(8-12(2)16-11)15-10-18-9-13-5-3-4-6-14(13)15/h3-6,11-12,15-16H,7-10H2,1-2H3. The van der Waals surface area contributed by atoms with Gasteiger partial charge in [0.1, 0.15) is 0 Å². The van der Waals surface area contributed by atoms with Crippen LogP contribution in [0.5, 0.6) is 0 Å². The Morgan fingerprint density at radius 1 is 1.17 bits per heavy atom. The van der Waals surface area contributed by atoms with Gasteiger partial charge in [0.15, 0.2) is 0 Å². The Hall–Kier alpha value is -0.900. The van der Waals surface area contributed by atoms with Gasteiger partial charge in [-0.05, 0) is 25.0 Å². The second kappa shape index (κ2) is 5.00. The molecule has 1 saturated heterocycles. The van der Waals surface area contributed by atoms with Crippen molar-refractivity contribution in [2.75, 3.05) is 19.7 Å². The SMILES string of the molecule is CC1CN(C2COCc3ccccc32)CC(C)N1. The van der Waals surface area contributed by atoms with Crippen molar-refractivity contribution in [1.29, 1.82) is 0 Å². The second-order valence-corrected chi connectivity index (χ2v) is 5.65. The molecule has 2 aliphatic heterocycles. The topological polar surface area (TPSA) is 24.5 Å². The van der Waals surface area contributed by atoms with Crippen LogP contribution < -0.4 is 5.32 Å². The molecule has 1 fully saturated rings. The van der Waals surface area contributed by atoms with E-state index in [1.165, 1.54) is 11.1 Å². The summed E-state index contributed by atoms with van der Waals surface area (Å²) in [5.41, 5.74) is 2.82. The van der Waals surface area contributed by atoms with Gasteiger partial charge < -0.3 is 10.1 Å². The number of benzene rings is 1. The maximum Gasteiger partial charge on any atom is 0.0721 e. The van der Waals surface area contributed by atoms with Gasteiger partial charge in [-0.1, -0.05) is 24.3 Å². The number of nitrogens with zero attached hydrogens (tertiary/aromatic N) is 1. The molecule has 0 amide bonds. The predicted molar refractivity (Wildman–Crippen MR) is 72.5 cm³/mol. The molecule has 3 atom stereocenters. The summed E-state index contributed by atoms with van der Waals surface area (Å²) in [6.45, 7) is 8.33. The lowest BCUT2D eigenvalue weighted by Gasteiger charge is -2.42. The van der Waals surface area contributed by atoms with Crippen molar-refractivity contribution in [1.82, 2.24) is 10.2 Å². The molecule has 3 heteroatoms. The number of fused-ring (bicyclic) bond motifs is 1. The van der Waals surface area contributed by atoms with E-state index in [9.17, 15) is 0 Å². The van der Waals surface area contributed by atoms with Crippen LogP contribution >= 0.6 is 0 Å². The molecular formula is C15H22N2O. The zero-order valence-electron chi connectivity index (χ0n) is 11.2. The monoisotopic (exact) mass is 246 g/mol. The van der Waals surface area contributed by atoms with Gasteiger partial charge in [-0.25, -0.2) is 0 Å². The first-order valence-corrected chi connectivity index (χ1v) is 6.89. The highest BCUT2D eigenvalue weighted by Gasteiger charge is 2.30. The molecule has 98 valence electrons. The molecule has 18 heavy (non-hydrogen) atoms. The molecule has 2 aliphatic rings. The highest BCUT2D eigenvalue weighted by molar-refractivity contribution is 5.31. The van der Waals surface area contributed by atoms with Crippen LogP contribution in [0, 0.1) is 0 Å². The summed E-state index contributed by atoms with van der Waals surface area (Å²) in [6, 6.07) is 10.3. The quantitative estimate of drug-likeness (QED) is 0.819. The van der Waals surface area contributed by atoms with Crippen LogP contribution in [0.15, 0.2) is 24.3 Å². The zero-order chi connectivity index (χ0) is 12.5. The van der Waals surface area contributed by atoms with Crippen LogP contribution in [0.3, 0.4) is 0 Å². The van der Waals surface area contributed by atoms with Crippen molar-refractivity contribution < 1.29 is 4.74 Å². The third-order valence-corrected chi connectivity index (χ3v) is 3.97. The Morgan fingerprint density at radius 2 is 1.89 bits per heavy atom. The number of rotatable bonds is 1. The van der Waals surface area contributed by atoms with E-state index in [0.717, 1.165) is 26.3 Å². The summed E-state index contributed by atoms with van der Waals surface area (Å²) in [5, 5.41) is 3.59. The number of piperazine rings is 1. The lowest BCUT2D eigenvalue weighted by Crippen LogP contribution is -2.55. The number of nitrogens with one attached hydrogen (secondary N) is 1. The minimum atomic E-state index is 0.432. The van der Waals surface area contributed by atoms with E-state index < -0.39 is 0 Å². The highest BCUT2D eigenvalue weighted by atomic mass is 16.5. The predicted octanol–water partition coefficient (Wildman–Crippen LogP) is 1.94. The summed E-state index contributed by atoms with van der Waals surface area (Å²) in [4.78, 5) is 2.57. The summed E-state index contributed by atoms with van der Waals surface area (Å²) >= 11 is 0. The van der Waals surface area contributed by atoms with Crippen molar-refractivity contribution in [3.8, 4) is 0 Å². The van der Waals surface area contributed by atoms with Gasteiger partial charge in [-0.15, -0.1) is 0 Å². The number of hydrogen-bond acceptors (Lipinski definition) is 3. The van der Waals surface area contributed by atoms with Crippen LogP contribution in [0.4, 0.5) is 0 Å². The van der Waals surface area contributed by atoms with Gasteiger partial charge in [-0.3, -0.25) is 4.90 Å². The van der Waals surface area contributed by atoms with Gasteiger partial charge in [0.05, 0.1) is 19.3 Å². The van der Waals surface area contributed by atoms with E-state index in [1.54, 1.807) is 0 Å². The molecule has 1 N–H and O–H groups in total. The van der Waals surface area contributed by atoms with Crippen LogP contribution in [0.2, 0.25) is 0 Å². The van der Waals surface area contributed by atoms with Crippen LogP contribution in [0.25, 0.3) is 0 Å². The minimum Gasteiger partial charge on any atom is -0.375 e. The molecule has 0 aliphatic carbocycles. The second-order valence-electron chi connectivity index (χ2n) is 5.65. The summed E-state index contributed by atoms with van der Waals surface area (Å²) in [6.07, 6.45) is 0. The molecule has 3 nitrogen and oxygen atoms in total. The van der Waals surface area contributed by atoms with E-state index in [-0.39, 0.29) is 0 Å². The van der Waals surface area contributed by atoms with Crippen molar-refractivity contribution in [3.05, 3.63) is 35.4 Å². The molecule has 0 aromatic heterocycles. The van der Waals surface area contributed by atoms with E-state index >= 15 is 0 Å². The van der Waals surface area contributed by atoms with E-state index in [2.05, 4.69) is 48.3 Å². The summed E-state index contributed by atoms with van der Waals surface area (Å²) in [7, 11) is 0. The van der Waals surface area contributed by atoms with Gasteiger partial charge >= 0.3 is 0 Å². The average molecular weight is 246 g/mol. The number of ether oxygens (including phenoxy) is 1. The molecule has 1 aromatic rings. The Kier molecular flexibility index (Phi) is 3.37. The van der Waals surface area contributed by atoms with Gasteiger partial charge in [0.2, 0.25) is 0 Å². The summed E-state index contributed by atoms with van der Waals surface area (Å²) < 4.78 is 5.77. The molecule has 1 aromatic carbocycles. The normalized spacial score (nSPS) is 33.1. The van der Waals surface area contributed by atoms with Crippen molar-refractivity contribution in [2.45, 2.75) is 38.6 Å². The molecule has 3 unspecified atom stereocenters. The third kappa shape index (κ3) is 2.30. The first-order chi connectivity index (χ1) is 8.74. The maximum absolute atomic E-state index is 5.77. The van der Waals surface area contributed by atoms with Crippen molar-refractivity contribution in [3.63, 3.8) is 0 Å². The van der Waals surface area contributed by atoms with Gasteiger partial charge in [0.25, 0.3) is 0 Å². The molecule has 0 spiro atoms. The van der Waals surface area contributed by atoms with E-state index in [4.69, 9.17) is 4.74 Å². The molecule has 0 radical (unpaired) electrons. The Bertz CT molecular complexity index is 411. The van der Waals surface area contributed by atoms with Gasteiger partial charge in [-0.2, -0.15) is 0 Å². The minimum absolute atomic E-state index is 0.432. The van der Waals surface area contributed by atoms with Gasteiger partial charge in [0, 0.05) is 25.2 Å². The molecule has 0 bridgehead atoms. The average Bonchev–Trinajstić information content (AvgIpc) is 2.37. The van der Waals surface area contributed by atoms with E-state index in [1.807, 2.05) is 0 Å². The fourth-order valence-corrected chi connectivity index (χ4v) is 3.29. The fraction of sp³-hybridized carbons (Fsp3) is 0.600. The van der Waals surface area contributed by atoms with Crippen LogP contribution in [-0.4, -0.2) is 36.7 Å². The van der Waals surface area contributed by atoms with Crippen LogP contribution in [-0.2, 0) is 11.3 Å². The molecule has 3 rings (SSSR count). The maximum atomic E-state index is 5.77. The zero-order valence-corrected chi connectivity index (χ0v) is 11.2. The highest BCUT2D eigenvalue weighted by Crippen LogP contribution is 2.30. The van der Waals surface area contributed by atoms with E-state index in [0.29, 0.717) is 18.1 Å². The molecular weight excluding hydrogens is 224 g/mol. The van der Waals surface area contributed by atoms with Crippen LogP contribution in [0.1, 0.15) is 31.0 Å².